The summed E-state index contributed by atoms with van der Waals surface area (Å²) in [6, 6.07) is 0. The highest BCUT2D eigenvalue weighted by atomic mass is 16.3. The molecule has 0 aromatic heterocycles. The van der Waals surface area contributed by atoms with Gasteiger partial charge in [0.15, 0.2) is 6.29 Å². The molecule has 0 aliphatic carbocycles. The van der Waals surface area contributed by atoms with Crippen LogP contribution in [0.25, 0.3) is 0 Å². The van der Waals surface area contributed by atoms with Crippen LogP contribution >= 0.6 is 0 Å². The van der Waals surface area contributed by atoms with Crippen molar-refractivity contribution in [2.75, 3.05) is 0 Å². The van der Waals surface area contributed by atoms with E-state index >= 15 is 0 Å². The number of carbonyl (C=O) groups is 1. The number of aliphatic hydroxyl groups is 1. The van der Waals surface area contributed by atoms with E-state index < -0.39 is 0 Å². The molecule has 0 fully saturated rings. The first kappa shape index (κ1) is 12.9. The minimum absolute atomic E-state index is 0.138. The molecule has 2 heteroatoms. The Labute approximate surface area is 89.9 Å². The Bertz CT molecular complexity index is 362. The van der Waals surface area contributed by atoms with Gasteiger partial charge in [-0.25, -0.2) is 0 Å². The van der Waals surface area contributed by atoms with Crippen molar-refractivity contribution in [3.05, 3.63) is 66.2 Å². The van der Waals surface area contributed by atoms with Gasteiger partial charge in [0, 0.05) is 5.57 Å². The van der Waals surface area contributed by atoms with Crippen LogP contribution in [0.3, 0.4) is 0 Å². The Morgan fingerprint density at radius 2 is 2.13 bits per heavy atom. The lowest BCUT2D eigenvalue weighted by atomic mass is 10.2. The lowest BCUT2D eigenvalue weighted by Gasteiger charge is -1.84. The third-order valence-electron chi connectivity index (χ3n) is 1.38. The molecule has 0 amide bonds. The molecule has 0 radical (unpaired) electrons. The normalized spacial score (nSPS) is 12.1. The average Bonchev–Trinajstić information content (AvgIpc) is 2.23. The first-order chi connectivity index (χ1) is 7.24. The maximum Gasteiger partial charge on any atom is 0.150 e. The summed E-state index contributed by atoms with van der Waals surface area (Å²) in [5.74, 6) is 0.138. The number of carbonyl (C=O) groups excluding carboxylic acids is 1. The maximum atomic E-state index is 10.4. The summed E-state index contributed by atoms with van der Waals surface area (Å²) in [4.78, 5) is 10.4. The second-order valence-corrected chi connectivity index (χ2v) is 2.59. The summed E-state index contributed by atoms with van der Waals surface area (Å²) in [7, 11) is 0. The van der Waals surface area contributed by atoms with Crippen LogP contribution in [0, 0.1) is 0 Å². The summed E-state index contributed by atoms with van der Waals surface area (Å²) in [6.07, 6.45) is 11.6. The van der Waals surface area contributed by atoms with E-state index in [9.17, 15) is 4.79 Å². The van der Waals surface area contributed by atoms with Gasteiger partial charge in [0.25, 0.3) is 0 Å². The van der Waals surface area contributed by atoms with Crippen LogP contribution in [0.4, 0.5) is 0 Å². The molecule has 0 rings (SSSR count). The van der Waals surface area contributed by atoms with Crippen LogP contribution in [0.15, 0.2) is 66.2 Å². The summed E-state index contributed by atoms with van der Waals surface area (Å²) in [6.45, 7) is 5.28. The molecule has 1 N–H and O–H groups in total. The van der Waals surface area contributed by atoms with Crippen molar-refractivity contribution >= 4 is 6.29 Å². The molecule has 0 spiro atoms. The SMILES string of the molecule is C=C/C=C(/C=O)C=C=C/C=C(O)\C=C/C. The molecule has 2 nitrogen and oxygen atoms in total. The minimum atomic E-state index is 0.138. The van der Waals surface area contributed by atoms with Gasteiger partial charge in [0.2, 0.25) is 0 Å². The third kappa shape index (κ3) is 7.05. The Balaban J connectivity index is 4.58. The zero-order valence-corrected chi connectivity index (χ0v) is 8.68. The number of hydrogen-bond acceptors (Lipinski definition) is 2. The molecular formula is C13H14O2. The van der Waals surface area contributed by atoms with Crippen molar-refractivity contribution in [1.29, 1.82) is 0 Å². The molecule has 0 aliphatic rings. The van der Waals surface area contributed by atoms with E-state index in [1.807, 2.05) is 0 Å². The minimum Gasteiger partial charge on any atom is -0.508 e. The highest BCUT2D eigenvalue weighted by Gasteiger charge is 1.82. The van der Waals surface area contributed by atoms with Gasteiger partial charge in [-0.3, -0.25) is 4.79 Å². The number of aliphatic hydroxyl groups excluding tert-OH is 1. The summed E-state index contributed by atoms with van der Waals surface area (Å²) in [5.41, 5.74) is 3.22. The van der Waals surface area contributed by atoms with Gasteiger partial charge in [-0.1, -0.05) is 24.8 Å². The lowest BCUT2D eigenvalue weighted by Crippen LogP contribution is -1.75. The molecule has 0 aromatic rings. The van der Waals surface area contributed by atoms with E-state index in [1.165, 1.54) is 24.3 Å². The number of rotatable bonds is 5. The Kier molecular flexibility index (Phi) is 7.38. The second-order valence-electron chi connectivity index (χ2n) is 2.59. The van der Waals surface area contributed by atoms with Gasteiger partial charge in [-0.2, -0.15) is 0 Å². The van der Waals surface area contributed by atoms with Gasteiger partial charge >= 0.3 is 0 Å². The van der Waals surface area contributed by atoms with Crippen molar-refractivity contribution in [3.63, 3.8) is 0 Å². The Morgan fingerprint density at radius 1 is 1.40 bits per heavy atom. The molecule has 15 heavy (non-hydrogen) atoms. The van der Waals surface area contributed by atoms with Gasteiger partial charge in [0.1, 0.15) is 5.76 Å². The van der Waals surface area contributed by atoms with Gasteiger partial charge in [0.05, 0.1) is 0 Å². The first-order valence-electron chi connectivity index (χ1n) is 4.47. The molecule has 0 unspecified atom stereocenters. The van der Waals surface area contributed by atoms with Crippen molar-refractivity contribution in [1.82, 2.24) is 0 Å². The van der Waals surface area contributed by atoms with Crippen molar-refractivity contribution < 1.29 is 9.90 Å². The number of allylic oxidation sites excluding steroid dienone is 7. The quantitative estimate of drug-likeness (QED) is 0.244. The maximum absolute atomic E-state index is 10.4. The molecule has 0 saturated heterocycles. The molecule has 0 aromatic carbocycles. The highest BCUT2D eigenvalue weighted by molar-refractivity contribution is 5.77. The Hall–Kier alpha value is -2.05. The van der Waals surface area contributed by atoms with E-state index in [0.717, 1.165) is 0 Å². The number of hydrogen-bond donors (Lipinski definition) is 1. The molecule has 0 atom stereocenters. The largest absolute Gasteiger partial charge is 0.508 e. The average molecular weight is 202 g/mol. The van der Waals surface area contributed by atoms with E-state index in [-0.39, 0.29) is 5.76 Å². The van der Waals surface area contributed by atoms with Crippen molar-refractivity contribution in [2.24, 2.45) is 0 Å². The Morgan fingerprint density at radius 3 is 2.67 bits per heavy atom. The van der Waals surface area contributed by atoms with E-state index in [1.54, 1.807) is 25.2 Å². The molecule has 0 aliphatic heterocycles. The predicted octanol–water partition coefficient (Wildman–Crippen LogP) is 3.03. The summed E-state index contributed by atoms with van der Waals surface area (Å²) >= 11 is 0. The topological polar surface area (TPSA) is 37.3 Å². The van der Waals surface area contributed by atoms with Crippen LogP contribution in [-0.4, -0.2) is 11.4 Å². The van der Waals surface area contributed by atoms with Crippen LogP contribution in [-0.2, 0) is 4.79 Å². The van der Waals surface area contributed by atoms with Crippen molar-refractivity contribution in [3.8, 4) is 0 Å². The molecule has 0 bridgehead atoms. The fourth-order valence-corrected chi connectivity index (χ4v) is 0.762. The number of aldehydes is 1. The fourth-order valence-electron chi connectivity index (χ4n) is 0.762. The monoisotopic (exact) mass is 202 g/mol. The molecule has 0 heterocycles. The molecule has 78 valence electrons. The van der Waals surface area contributed by atoms with Gasteiger partial charge < -0.3 is 5.11 Å². The standard InChI is InChI=1S/C13H14O2/c1-3-7-12(11-14)9-5-6-10-13(15)8-4-2/h3-4,6-11,15H,1H2,2H3/b8-4-,12-7+,13-10+. The lowest BCUT2D eigenvalue weighted by molar-refractivity contribution is -0.104. The van der Waals surface area contributed by atoms with Crippen LogP contribution in [0.1, 0.15) is 6.92 Å². The van der Waals surface area contributed by atoms with Crippen molar-refractivity contribution in [2.45, 2.75) is 6.92 Å². The molecule has 0 saturated carbocycles. The first-order valence-corrected chi connectivity index (χ1v) is 4.47. The van der Waals surface area contributed by atoms with Gasteiger partial charge in [-0.15, -0.1) is 5.73 Å². The smallest absolute Gasteiger partial charge is 0.150 e. The molecular weight excluding hydrogens is 188 g/mol. The fraction of sp³-hybridized carbons (Fsp3) is 0.0769. The summed E-state index contributed by atoms with van der Waals surface area (Å²) in [5, 5.41) is 9.16. The zero-order chi connectivity index (χ0) is 11.5. The third-order valence-corrected chi connectivity index (χ3v) is 1.38. The van der Waals surface area contributed by atoms with Gasteiger partial charge in [-0.05, 0) is 31.2 Å². The highest BCUT2D eigenvalue weighted by Crippen LogP contribution is 1.93. The summed E-state index contributed by atoms with van der Waals surface area (Å²) < 4.78 is 0. The van der Waals surface area contributed by atoms with Crippen LogP contribution in [0.5, 0.6) is 0 Å². The van der Waals surface area contributed by atoms with E-state index in [2.05, 4.69) is 12.3 Å². The zero-order valence-electron chi connectivity index (χ0n) is 8.68. The van der Waals surface area contributed by atoms with E-state index in [4.69, 9.17) is 5.11 Å². The van der Waals surface area contributed by atoms with Crippen LogP contribution in [0.2, 0.25) is 0 Å². The van der Waals surface area contributed by atoms with E-state index in [0.29, 0.717) is 11.9 Å². The second kappa shape index (κ2) is 8.54. The predicted molar refractivity (Wildman–Crippen MR) is 62.5 cm³/mol. The van der Waals surface area contributed by atoms with Crippen LogP contribution < -0.4 is 0 Å².